The van der Waals surface area contributed by atoms with Crippen molar-refractivity contribution in [2.24, 2.45) is 12.8 Å². The fourth-order valence-electron chi connectivity index (χ4n) is 1.72. The fraction of sp³-hybridized carbons (Fsp3) is 0.333. The summed E-state index contributed by atoms with van der Waals surface area (Å²) >= 11 is 0. The molecule has 74 valence electrons. The number of aryl methyl sites for hydroxylation is 1. The van der Waals surface area contributed by atoms with Crippen LogP contribution in [0.3, 0.4) is 0 Å². The van der Waals surface area contributed by atoms with Crippen LogP contribution >= 0.6 is 0 Å². The van der Waals surface area contributed by atoms with E-state index >= 15 is 0 Å². The Morgan fingerprint density at radius 1 is 1.36 bits per heavy atom. The molecule has 1 unspecified atom stereocenters. The number of benzene rings is 1. The highest BCUT2D eigenvalue weighted by atomic mass is 14.9. The van der Waals surface area contributed by atoms with Gasteiger partial charge in [-0.25, -0.2) is 0 Å². The van der Waals surface area contributed by atoms with Gasteiger partial charge in [0.2, 0.25) is 0 Å². The topological polar surface area (TPSA) is 30.9 Å². The number of aromatic nitrogens is 1. The van der Waals surface area contributed by atoms with Crippen molar-refractivity contribution in [2.75, 3.05) is 6.54 Å². The average molecular weight is 188 g/mol. The molecule has 0 radical (unpaired) electrons. The zero-order valence-electron chi connectivity index (χ0n) is 8.70. The fourth-order valence-corrected chi connectivity index (χ4v) is 1.72. The summed E-state index contributed by atoms with van der Waals surface area (Å²) in [5, 5.41) is 1.29. The van der Waals surface area contributed by atoms with Gasteiger partial charge < -0.3 is 10.3 Å². The highest BCUT2D eigenvalue weighted by Crippen LogP contribution is 2.21. The molecule has 0 saturated heterocycles. The molecule has 1 heterocycles. The summed E-state index contributed by atoms with van der Waals surface area (Å²) in [5.74, 6) is 0.439. The second-order valence-corrected chi connectivity index (χ2v) is 3.88. The standard InChI is InChI=1S/C12H16N2/c1-9(8-13)11-4-3-10-5-6-14(2)12(10)7-11/h3-7,9H,8,13H2,1-2H3. The van der Waals surface area contributed by atoms with Gasteiger partial charge in [0.25, 0.3) is 0 Å². The molecule has 14 heavy (non-hydrogen) atoms. The van der Waals surface area contributed by atoms with Crippen LogP contribution < -0.4 is 5.73 Å². The number of nitrogens with two attached hydrogens (primary N) is 1. The first-order valence-electron chi connectivity index (χ1n) is 4.97. The van der Waals surface area contributed by atoms with Gasteiger partial charge in [-0.3, -0.25) is 0 Å². The average Bonchev–Trinajstić information content (AvgIpc) is 2.59. The van der Waals surface area contributed by atoms with E-state index in [-0.39, 0.29) is 0 Å². The van der Waals surface area contributed by atoms with Crippen LogP contribution in [0.4, 0.5) is 0 Å². The van der Waals surface area contributed by atoms with Crippen LogP contribution in [0.2, 0.25) is 0 Å². The van der Waals surface area contributed by atoms with Crippen LogP contribution in [0.25, 0.3) is 10.9 Å². The van der Waals surface area contributed by atoms with Gasteiger partial charge >= 0.3 is 0 Å². The van der Waals surface area contributed by atoms with Crippen LogP contribution in [0.1, 0.15) is 18.4 Å². The molecule has 2 heteroatoms. The summed E-state index contributed by atoms with van der Waals surface area (Å²) in [6.07, 6.45) is 2.08. The van der Waals surface area contributed by atoms with Crippen LogP contribution in [0.5, 0.6) is 0 Å². The van der Waals surface area contributed by atoms with Crippen molar-refractivity contribution < 1.29 is 0 Å². The molecule has 0 fully saturated rings. The Hall–Kier alpha value is -1.28. The van der Waals surface area contributed by atoms with Crippen LogP contribution in [-0.2, 0) is 7.05 Å². The highest BCUT2D eigenvalue weighted by molar-refractivity contribution is 5.80. The monoisotopic (exact) mass is 188 g/mol. The number of fused-ring (bicyclic) bond motifs is 1. The predicted molar refractivity (Wildman–Crippen MR) is 60.4 cm³/mol. The molecular weight excluding hydrogens is 172 g/mol. The normalized spacial score (nSPS) is 13.4. The first-order chi connectivity index (χ1) is 6.72. The van der Waals surface area contributed by atoms with Gasteiger partial charge in [0, 0.05) is 18.8 Å². The maximum absolute atomic E-state index is 5.65. The second kappa shape index (κ2) is 3.46. The SMILES string of the molecule is CC(CN)c1ccc2ccn(C)c2c1. The quantitative estimate of drug-likeness (QED) is 0.770. The smallest absolute Gasteiger partial charge is 0.0480 e. The molecule has 2 nitrogen and oxygen atoms in total. The molecule has 0 saturated carbocycles. The maximum Gasteiger partial charge on any atom is 0.0480 e. The first kappa shape index (κ1) is 9.28. The third-order valence-electron chi connectivity index (χ3n) is 2.83. The minimum Gasteiger partial charge on any atom is -0.351 e. The molecule has 1 atom stereocenters. The first-order valence-corrected chi connectivity index (χ1v) is 4.97. The van der Waals surface area contributed by atoms with Gasteiger partial charge in [-0.1, -0.05) is 19.1 Å². The summed E-state index contributed by atoms with van der Waals surface area (Å²) in [6, 6.07) is 8.69. The highest BCUT2D eigenvalue weighted by Gasteiger charge is 2.05. The Morgan fingerprint density at radius 3 is 2.86 bits per heavy atom. The lowest BCUT2D eigenvalue weighted by molar-refractivity contribution is 0.774. The van der Waals surface area contributed by atoms with Crippen molar-refractivity contribution in [3.05, 3.63) is 36.0 Å². The summed E-state index contributed by atoms with van der Waals surface area (Å²) < 4.78 is 2.14. The zero-order valence-corrected chi connectivity index (χ0v) is 8.70. The number of hydrogen-bond acceptors (Lipinski definition) is 1. The van der Waals surface area contributed by atoms with E-state index in [1.54, 1.807) is 0 Å². The van der Waals surface area contributed by atoms with Crippen LogP contribution in [-0.4, -0.2) is 11.1 Å². The van der Waals surface area contributed by atoms with Crippen molar-refractivity contribution in [3.8, 4) is 0 Å². The van der Waals surface area contributed by atoms with Crippen molar-refractivity contribution >= 4 is 10.9 Å². The molecule has 1 aromatic heterocycles. The Morgan fingerprint density at radius 2 is 2.14 bits per heavy atom. The van der Waals surface area contributed by atoms with E-state index < -0.39 is 0 Å². The van der Waals surface area contributed by atoms with Crippen molar-refractivity contribution in [1.82, 2.24) is 4.57 Å². The Balaban J connectivity index is 2.54. The summed E-state index contributed by atoms with van der Waals surface area (Å²) in [5.41, 5.74) is 8.26. The van der Waals surface area contributed by atoms with Crippen LogP contribution in [0, 0.1) is 0 Å². The molecule has 2 aromatic rings. The van der Waals surface area contributed by atoms with E-state index in [0.29, 0.717) is 12.5 Å². The number of hydrogen-bond donors (Lipinski definition) is 1. The molecular formula is C12H16N2. The summed E-state index contributed by atoms with van der Waals surface area (Å²) in [6.45, 7) is 2.86. The van der Waals surface area contributed by atoms with E-state index in [2.05, 4.69) is 49.0 Å². The summed E-state index contributed by atoms with van der Waals surface area (Å²) in [4.78, 5) is 0. The molecule has 0 aliphatic heterocycles. The number of nitrogens with zero attached hydrogens (tertiary/aromatic N) is 1. The summed E-state index contributed by atoms with van der Waals surface area (Å²) in [7, 11) is 2.07. The second-order valence-electron chi connectivity index (χ2n) is 3.88. The molecule has 0 spiro atoms. The van der Waals surface area contributed by atoms with Gasteiger partial charge in [-0.2, -0.15) is 0 Å². The van der Waals surface area contributed by atoms with Gasteiger partial charge in [0.1, 0.15) is 0 Å². The lowest BCUT2D eigenvalue weighted by atomic mass is 10.0. The largest absolute Gasteiger partial charge is 0.351 e. The Kier molecular flexibility index (Phi) is 2.30. The molecule has 2 N–H and O–H groups in total. The minimum absolute atomic E-state index is 0.439. The number of rotatable bonds is 2. The van der Waals surface area contributed by atoms with E-state index in [4.69, 9.17) is 5.73 Å². The lowest BCUT2D eigenvalue weighted by Crippen LogP contribution is -2.08. The Labute approximate surface area is 84.3 Å². The predicted octanol–water partition coefficient (Wildman–Crippen LogP) is 2.24. The van der Waals surface area contributed by atoms with Crippen molar-refractivity contribution in [3.63, 3.8) is 0 Å². The third kappa shape index (κ3) is 1.42. The van der Waals surface area contributed by atoms with E-state index in [1.807, 2.05) is 0 Å². The maximum atomic E-state index is 5.65. The molecule has 0 amide bonds. The van der Waals surface area contributed by atoms with Crippen molar-refractivity contribution in [1.29, 1.82) is 0 Å². The van der Waals surface area contributed by atoms with Gasteiger partial charge in [0.15, 0.2) is 0 Å². The zero-order chi connectivity index (χ0) is 10.1. The minimum atomic E-state index is 0.439. The molecule has 0 bridgehead atoms. The van der Waals surface area contributed by atoms with Gasteiger partial charge in [0.05, 0.1) is 0 Å². The van der Waals surface area contributed by atoms with E-state index in [1.165, 1.54) is 16.5 Å². The molecule has 1 aromatic carbocycles. The lowest BCUT2D eigenvalue weighted by Gasteiger charge is -2.09. The van der Waals surface area contributed by atoms with E-state index in [9.17, 15) is 0 Å². The van der Waals surface area contributed by atoms with Gasteiger partial charge in [-0.15, -0.1) is 0 Å². The van der Waals surface area contributed by atoms with Crippen LogP contribution in [0.15, 0.2) is 30.5 Å². The van der Waals surface area contributed by atoms with Crippen molar-refractivity contribution in [2.45, 2.75) is 12.8 Å². The van der Waals surface area contributed by atoms with Gasteiger partial charge in [-0.05, 0) is 35.5 Å². The Bertz CT molecular complexity index is 443. The third-order valence-corrected chi connectivity index (χ3v) is 2.83. The molecule has 2 rings (SSSR count). The van der Waals surface area contributed by atoms with E-state index in [0.717, 1.165) is 0 Å². The molecule has 0 aliphatic rings. The molecule has 0 aliphatic carbocycles.